The molecule has 1 nitrogen and oxygen atoms in total. The van der Waals surface area contributed by atoms with Crippen molar-refractivity contribution in [3.63, 3.8) is 0 Å². The summed E-state index contributed by atoms with van der Waals surface area (Å²) in [5, 5.41) is 0. The summed E-state index contributed by atoms with van der Waals surface area (Å²) in [4.78, 5) is 0. The van der Waals surface area contributed by atoms with E-state index < -0.39 is 23.6 Å². The van der Waals surface area contributed by atoms with Crippen LogP contribution in [0.5, 0.6) is 0 Å². The first-order valence-electron chi connectivity index (χ1n) is 11.9. The van der Waals surface area contributed by atoms with Crippen molar-refractivity contribution in [1.82, 2.24) is 0 Å². The number of allylic oxidation sites excluding steroid dienone is 9. The van der Waals surface area contributed by atoms with E-state index >= 15 is 0 Å². The van der Waals surface area contributed by atoms with Crippen LogP contribution in [0, 0.1) is 5.92 Å². The number of alkyl halides is 2. The van der Waals surface area contributed by atoms with Gasteiger partial charge in [-0.3, -0.25) is 0 Å². The van der Waals surface area contributed by atoms with Crippen LogP contribution < -0.4 is 0 Å². The molecule has 0 radical (unpaired) electrons. The molecule has 37 heavy (non-hydrogen) atoms. The lowest BCUT2D eigenvalue weighted by Gasteiger charge is -2.28. The minimum atomic E-state index is -4.05. The number of halogens is 6. The molecule has 1 aliphatic rings. The second-order valence-corrected chi connectivity index (χ2v) is 8.50. The van der Waals surface area contributed by atoms with Crippen LogP contribution in [0.4, 0.5) is 26.3 Å². The van der Waals surface area contributed by atoms with Crippen molar-refractivity contribution in [3.05, 3.63) is 115 Å². The average molecular weight is 525 g/mol. The van der Waals surface area contributed by atoms with E-state index in [0.717, 1.165) is 49.5 Å². The van der Waals surface area contributed by atoms with Crippen LogP contribution in [0.2, 0.25) is 0 Å². The first kappa shape index (κ1) is 32.0. The predicted octanol–water partition coefficient (Wildman–Crippen LogP) is 10.4. The molecule has 1 aromatic rings. The molecule has 0 bridgehead atoms. The number of hydrogen-bond donors (Lipinski definition) is 0. The van der Waals surface area contributed by atoms with Crippen molar-refractivity contribution in [1.29, 1.82) is 0 Å². The van der Waals surface area contributed by atoms with Crippen molar-refractivity contribution < 1.29 is 31.1 Å². The van der Waals surface area contributed by atoms with E-state index in [1.54, 1.807) is 12.1 Å². The van der Waals surface area contributed by atoms with Crippen LogP contribution in [-0.2, 0) is 4.74 Å². The zero-order chi connectivity index (χ0) is 27.8. The van der Waals surface area contributed by atoms with Crippen molar-refractivity contribution in [2.24, 2.45) is 5.92 Å². The zero-order valence-corrected chi connectivity index (χ0v) is 21.0. The molecule has 0 amide bonds. The summed E-state index contributed by atoms with van der Waals surface area (Å²) in [5.74, 6) is -1.96. The highest BCUT2D eigenvalue weighted by Crippen LogP contribution is 2.38. The molecule has 1 fully saturated rings. The van der Waals surface area contributed by atoms with Crippen LogP contribution in [0.3, 0.4) is 0 Å². The monoisotopic (exact) mass is 524 g/mol. The number of ether oxygens (including phenoxy) is 1. The average Bonchev–Trinajstić information content (AvgIpc) is 2.91. The molecular weight excluding hydrogens is 490 g/mol. The fourth-order valence-corrected chi connectivity index (χ4v) is 3.96. The Morgan fingerprint density at radius 1 is 1.00 bits per heavy atom. The van der Waals surface area contributed by atoms with Crippen LogP contribution >= 0.6 is 0 Å². The minimum Gasteiger partial charge on any atom is -0.318 e. The normalized spacial score (nSPS) is 19.3. The van der Waals surface area contributed by atoms with Gasteiger partial charge in [0.25, 0.3) is 0 Å². The van der Waals surface area contributed by atoms with Gasteiger partial charge in [0.1, 0.15) is 11.7 Å². The molecule has 0 unspecified atom stereocenters. The van der Waals surface area contributed by atoms with Gasteiger partial charge in [-0.2, -0.15) is 8.78 Å². The summed E-state index contributed by atoms with van der Waals surface area (Å²) in [6.07, 6.45) is 9.39. The second-order valence-electron chi connectivity index (χ2n) is 8.50. The molecule has 0 atom stereocenters. The Kier molecular flexibility index (Phi) is 14.4. The summed E-state index contributed by atoms with van der Waals surface area (Å²) in [5.41, 5.74) is 1.57. The predicted molar refractivity (Wildman–Crippen MR) is 140 cm³/mol. The molecule has 1 aromatic carbocycles. The lowest BCUT2D eigenvalue weighted by molar-refractivity contribution is -0.202. The maximum absolute atomic E-state index is 13.8. The first-order valence-corrected chi connectivity index (χ1v) is 11.9. The van der Waals surface area contributed by atoms with E-state index in [2.05, 4.69) is 24.5 Å². The standard InChI is InChI=1S/C24H28F4O.C6H6F2/c1-4-5-6-18-7-9-19(10-8-18)20-11-13-21(14-12-20)22(17(2)25)15-16-23(26)24(27,28)29-3;1-2-6(8)4-3-5-7/h4,11-16,18-19H,1-2,5-10H2,3H3;2-5H,1H2/b22-15+,23-16-;5-3-,6-4+. The smallest absolute Gasteiger partial charge is 0.318 e. The molecule has 2 rings (SSSR count). The van der Waals surface area contributed by atoms with Crippen molar-refractivity contribution >= 4 is 5.57 Å². The van der Waals surface area contributed by atoms with E-state index in [0.29, 0.717) is 24.7 Å². The Hall–Kier alpha value is -3.06. The second kappa shape index (κ2) is 16.6. The largest absolute Gasteiger partial charge is 0.409 e. The third-order valence-corrected chi connectivity index (χ3v) is 6.07. The number of benzene rings is 1. The molecule has 0 spiro atoms. The van der Waals surface area contributed by atoms with Gasteiger partial charge in [-0.15, -0.1) is 6.58 Å². The van der Waals surface area contributed by atoms with Gasteiger partial charge in [-0.25, -0.2) is 17.6 Å². The third-order valence-electron chi connectivity index (χ3n) is 6.07. The zero-order valence-electron chi connectivity index (χ0n) is 21.0. The highest BCUT2D eigenvalue weighted by Gasteiger charge is 2.34. The van der Waals surface area contributed by atoms with Gasteiger partial charge in [0.05, 0.1) is 6.33 Å². The number of rotatable bonds is 11. The van der Waals surface area contributed by atoms with Gasteiger partial charge in [-0.05, 0) is 91.9 Å². The van der Waals surface area contributed by atoms with Crippen LogP contribution in [-0.4, -0.2) is 13.2 Å². The minimum absolute atomic E-state index is 0.0493. The van der Waals surface area contributed by atoms with Crippen LogP contribution in [0.1, 0.15) is 55.6 Å². The van der Waals surface area contributed by atoms with Gasteiger partial charge < -0.3 is 4.74 Å². The first-order chi connectivity index (χ1) is 17.6. The maximum atomic E-state index is 13.8. The Labute approximate surface area is 215 Å². The van der Waals surface area contributed by atoms with Crippen LogP contribution in [0.25, 0.3) is 5.57 Å². The van der Waals surface area contributed by atoms with Crippen molar-refractivity contribution in [3.8, 4) is 0 Å². The number of methoxy groups -OCH3 is 1. The Bertz CT molecular complexity index is 993. The molecule has 202 valence electrons. The molecule has 1 aliphatic carbocycles. The summed E-state index contributed by atoms with van der Waals surface area (Å²) in [6, 6.07) is 7.28. The van der Waals surface area contributed by atoms with Gasteiger partial charge in [0, 0.05) is 12.7 Å². The lowest BCUT2D eigenvalue weighted by Crippen LogP contribution is -2.18. The number of hydrogen-bond acceptors (Lipinski definition) is 1. The van der Waals surface area contributed by atoms with Gasteiger partial charge in [0.15, 0.2) is 5.83 Å². The highest BCUT2D eigenvalue weighted by molar-refractivity contribution is 5.77. The fourth-order valence-electron chi connectivity index (χ4n) is 3.96. The molecular formula is C30H34F6O. The van der Waals surface area contributed by atoms with Crippen LogP contribution in [0.15, 0.2) is 104 Å². The topological polar surface area (TPSA) is 9.23 Å². The molecule has 7 heteroatoms. The van der Waals surface area contributed by atoms with Crippen molar-refractivity contribution in [2.75, 3.05) is 7.11 Å². The molecule has 0 heterocycles. The molecule has 0 N–H and O–H groups in total. The maximum Gasteiger partial charge on any atom is 0.409 e. The molecule has 0 aliphatic heterocycles. The van der Waals surface area contributed by atoms with E-state index in [9.17, 15) is 26.3 Å². The molecule has 1 saturated carbocycles. The SMILES string of the molecule is C=C/C(F)=C\C=C/F.C=CCCC1CCC(c2ccc(/C(=C/C=C(\F)C(F)(F)OC)C(=C)F)cc2)CC1. The van der Waals surface area contributed by atoms with E-state index in [1.165, 1.54) is 24.8 Å². The van der Waals surface area contributed by atoms with Crippen molar-refractivity contribution in [2.45, 2.75) is 50.6 Å². The summed E-state index contributed by atoms with van der Waals surface area (Å²) in [7, 11) is 0.692. The van der Waals surface area contributed by atoms with E-state index in [1.807, 2.05) is 18.2 Å². The van der Waals surface area contributed by atoms with Gasteiger partial charge >= 0.3 is 6.11 Å². The lowest BCUT2D eigenvalue weighted by atomic mass is 9.77. The third kappa shape index (κ3) is 11.3. The summed E-state index contributed by atoms with van der Waals surface area (Å²) in [6.45, 7) is 10.1. The summed E-state index contributed by atoms with van der Waals surface area (Å²) < 4.78 is 80.3. The quantitative estimate of drug-likeness (QED) is 0.159. The van der Waals surface area contributed by atoms with E-state index in [4.69, 9.17) is 0 Å². The Morgan fingerprint density at radius 3 is 2.11 bits per heavy atom. The Morgan fingerprint density at radius 2 is 1.62 bits per heavy atom. The highest BCUT2D eigenvalue weighted by atomic mass is 19.3. The van der Waals surface area contributed by atoms with Gasteiger partial charge in [-0.1, -0.05) is 43.5 Å². The fraction of sp³-hybridized carbons (Fsp3) is 0.333. The molecule has 0 saturated heterocycles. The summed E-state index contributed by atoms with van der Waals surface area (Å²) >= 11 is 0. The van der Waals surface area contributed by atoms with Gasteiger partial charge in [0.2, 0.25) is 0 Å². The molecule has 0 aromatic heterocycles. The van der Waals surface area contributed by atoms with E-state index in [-0.39, 0.29) is 11.9 Å². The Balaban J connectivity index is 0.000000738.